The molecule has 0 spiro atoms. The smallest absolute Gasteiger partial charge is 0.239 e. The van der Waals surface area contributed by atoms with E-state index in [2.05, 4.69) is 16.4 Å². The van der Waals surface area contributed by atoms with Gasteiger partial charge in [0.1, 0.15) is 11.9 Å². The number of hydrogen-bond acceptors (Lipinski definition) is 4. The molecule has 19 heavy (non-hydrogen) atoms. The summed E-state index contributed by atoms with van der Waals surface area (Å²) in [5.41, 5.74) is 2.29. The highest BCUT2D eigenvalue weighted by Crippen LogP contribution is 2.21. The number of aryl methyl sites for hydroxylation is 2. The number of anilines is 1. The van der Waals surface area contributed by atoms with Crippen LogP contribution in [0.3, 0.4) is 0 Å². The van der Waals surface area contributed by atoms with Crippen LogP contribution < -0.4 is 10.2 Å². The zero-order valence-corrected chi connectivity index (χ0v) is 11.9. The fraction of sp³-hybridized carbons (Fsp3) is 0.500. The third kappa shape index (κ3) is 3.68. The van der Waals surface area contributed by atoms with E-state index in [1.165, 1.54) is 0 Å². The van der Waals surface area contributed by atoms with Gasteiger partial charge in [-0.05, 0) is 31.9 Å². The molecule has 1 aromatic rings. The number of hydrogen-bond donors (Lipinski definition) is 1. The SMILES string of the molecule is CCCN(CC(=O)NC)c1nc(C)cc(C)c1C#N. The van der Waals surface area contributed by atoms with Gasteiger partial charge in [0, 0.05) is 19.3 Å². The molecule has 0 saturated carbocycles. The van der Waals surface area contributed by atoms with E-state index >= 15 is 0 Å². The Bertz CT molecular complexity index is 505. The van der Waals surface area contributed by atoms with Crippen molar-refractivity contribution in [1.29, 1.82) is 5.26 Å². The molecule has 5 nitrogen and oxygen atoms in total. The fourth-order valence-corrected chi connectivity index (χ4v) is 1.97. The lowest BCUT2D eigenvalue weighted by Gasteiger charge is -2.24. The topological polar surface area (TPSA) is 69.0 Å². The first-order chi connectivity index (χ1) is 9.03. The highest BCUT2D eigenvalue weighted by molar-refractivity contribution is 5.81. The van der Waals surface area contributed by atoms with Crippen LogP contribution in [0.2, 0.25) is 0 Å². The van der Waals surface area contributed by atoms with Gasteiger partial charge in [-0.1, -0.05) is 6.92 Å². The second-order valence-corrected chi connectivity index (χ2v) is 4.49. The first-order valence-electron chi connectivity index (χ1n) is 6.37. The molecule has 1 heterocycles. The van der Waals surface area contributed by atoms with E-state index in [9.17, 15) is 10.1 Å². The van der Waals surface area contributed by atoms with Gasteiger partial charge >= 0.3 is 0 Å². The quantitative estimate of drug-likeness (QED) is 0.871. The van der Waals surface area contributed by atoms with Gasteiger partial charge in [-0.3, -0.25) is 4.79 Å². The highest BCUT2D eigenvalue weighted by Gasteiger charge is 2.17. The number of amides is 1. The molecule has 0 aliphatic heterocycles. The summed E-state index contributed by atoms with van der Waals surface area (Å²) in [5.74, 6) is 0.517. The first kappa shape index (κ1) is 15.0. The Morgan fingerprint density at radius 2 is 2.21 bits per heavy atom. The van der Waals surface area contributed by atoms with Crippen LogP contribution >= 0.6 is 0 Å². The van der Waals surface area contributed by atoms with Crippen LogP contribution in [0.5, 0.6) is 0 Å². The molecule has 0 saturated heterocycles. The maximum absolute atomic E-state index is 11.6. The molecule has 5 heteroatoms. The van der Waals surface area contributed by atoms with Crippen molar-refractivity contribution < 1.29 is 4.79 Å². The first-order valence-corrected chi connectivity index (χ1v) is 6.37. The highest BCUT2D eigenvalue weighted by atomic mass is 16.1. The molecular weight excluding hydrogens is 240 g/mol. The monoisotopic (exact) mass is 260 g/mol. The van der Waals surface area contributed by atoms with Gasteiger partial charge in [0.05, 0.1) is 12.1 Å². The number of carbonyl (C=O) groups excluding carboxylic acids is 1. The lowest BCUT2D eigenvalue weighted by Crippen LogP contribution is -2.37. The van der Waals surface area contributed by atoms with Crippen molar-refractivity contribution in [2.75, 3.05) is 25.0 Å². The van der Waals surface area contributed by atoms with Crippen molar-refractivity contribution in [3.8, 4) is 6.07 Å². The molecule has 1 amide bonds. The Kier molecular flexibility index (Phi) is 5.31. The molecule has 0 radical (unpaired) electrons. The number of nitrogens with one attached hydrogen (secondary N) is 1. The molecule has 1 rings (SSSR count). The Morgan fingerprint density at radius 3 is 2.74 bits per heavy atom. The molecule has 1 aromatic heterocycles. The predicted octanol–water partition coefficient (Wildman–Crippen LogP) is 1.53. The number of likely N-dealkylation sites (N-methyl/N-ethyl adjacent to an activating group) is 1. The van der Waals surface area contributed by atoms with E-state index in [-0.39, 0.29) is 12.5 Å². The van der Waals surface area contributed by atoms with Crippen molar-refractivity contribution in [1.82, 2.24) is 10.3 Å². The predicted molar refractivity (Wildman–Crippen MR) is 75.0 cm³/mol. The van der Waals surface area contributed by atoms with Gasteiger partial charge in [-0.15, -0.1) is 0 Å². The number of aromatic nitrogens is 1. The second-order valence-electron chi connectivity index (χ2n) is 4.49. The molecule has 0 unspecified atom stereocenters. The zero-order chi connectivity index (χ0) is 14.4. The standard InChI is InChI=1S/C14H20N4O/c1-5-6-18(9-13(19)16-4)14-12(8-15)10(2)7-11(3)17-14/h7H,5-6,9H2,1-4H3,(H,16,19). The Balaban J connectivity index is 3.21. The normalized spacial score (nSPS) is 9.84. The van der Waals surface area contributed by atoms with Crippen molar-refractivity contribution in [3.05, 3.63) is 22.9 Å². The molecule has 0 aliphatic carbocycles. The Morgan fingerprint density at radius 1 is 1.53 bits per heavy atom. The van der Waals surface area contributed by atoms with E-state index in [4.69, 9.17) is 0 Å². The van der Waals surface area contributed by atoms with Crippen molar-refractivity contribution in [3.63, 3.8) is 0 Å². The fourth-order valence-electron chi connectivity index (χ4n) is 1.97. The minimum absolute atomic E-state index is 0.0849. The van der Waals surface area contributed by atoms with Crippen LogP contribution in [0.15, 0.2) is 6.07 Å². The third-order valence-electron chi connectivity index (χ3n) is 2.84. The van der Waals surface area contributed by atoms with E-state index in [1.807, 2.05) is 31.7 Å². The third-order valence-corrected chi connectivity index (χ3v) is 2.84. The summed E-state index contributed by atoms with van der Waals surface area (Å²) >= 11 is 0. The maximum Gasteiger partial charge on any atom is 0.239 e. The largest absolute Gasteiger partial charge is 0.358 e. The molecule has 0 fully saturated rings. The van der Waals surface area contributed by atoms with Gasteiger partial charge < -0.3 is 10.2 Å². The lowest BCUT2D eigenvalue weighted by atomic mass is 10.1. The molecular formula is C14H20N4O. The summed E-state index contributed by atoms with van der Waals surface area (Å²) in [6.45, 7) is 6.72. The van der Waals surface area contributed by atoms with E-state index < -0.39 is 0 Å². The van der Waals surface area contributed by atoms with Gasteiger partial charge in [0.2, 0.25) is 5.91 Å². The van der Waals surface area contributed by atoms with Crippen LogP contribution in [-0.4, -0.2) is 31.0 Å². The van der Waals surface area contributed by atoms with Crippen molar-refractivity contribution in [2.24, 2.45) is 0 Å². The average molecular weight is 260 g/mol. The maximum atomic E-state index is 11.6. The number of pyridine rings is 1. The molecule has 0 bridgehead atoms. The van der Waals surface area contributed by atoms with E-state index in [0.29, 0.717) is 17.9 Å². The average Bonchev–Trinajstić information content (AvgIpc) is 2.37. The van der Waals surface area contributed by atoms with E-state index in [0.717, 1.165) is 17.7 Å². The van der Waals surface area contributed by atoms with Gasteiger partial charge in [0.15, 0.2) is 0 Å². The molecule has 102 valence electrons. The number of nitriles is 1. The minimum atomic E-state index is -0.0849. The van der Waals surface area contributed by atoms with E-state index in [1.54, 1.807) is 7.05 Å². The summed E-state index contributed by atoms with van der Waals surface area (Å²) in [6, 6.07) is 4.07. The Labute approximate surface area is 114 Å². The van der Waals surface area contributed by atoms with Crippen LogP contribution in [0.25, 0.3) is 0 Å². The van der Waals surface area contributed by atoms with Gasteiger partial charge in [0.25, 0.3) is 0 Å². The summed E-state index contributed by atoms with van der Waals surface area (Å²) in [7, 11) is 1.60. The van der Waals surface area contributed by atoms with Gasteiger partial charge in [-0.25, -0.2) is 4.98 Å². The number of nitrogens with zero attached hydrogens (tertiary/aromatic N) is 3. The summed E-state index contributed by atoms with van der Waals surface area (Å²) in [4.78, 5) is 17.9. The molecule has 1 N–H and O–H groups in total. The van der Waals surface area contributed by atoms with Crippen LogP contribution in [0, 0.1) is 25.2 Å². The van der Waals surface area contributed by atoms with Crippen LogP contribution in [0.4, 0.5) is 5.82 Å². The molecule has 0 aliphatic rings. The number of rotatable bonds is 5. The van der Waals surface area contributed by atoms with Crippen LogP contribution in [-0.2, 0) is 4.79 Å². The van der Waals surface area contributed by atoms with Crippen molar-refractivity contribution in [2.45, 2.75) is 27.2 Å². The molecule has 0 atom stereocenters. The Hall–Kier alpha value is -2.09. The minimum Gasteiger partial charge on any atom is -0.358 e. The second kappa shape index (κ2) is 6.74. The lowest BCUT2D eigenvalue weighted by molar-refractivity contribution is -0.119. The van der Waals surface area contributed by atoms with Crippen molar-refractivity contribution >= 4 is 11.7 Å². The summed E-state index contributed by atoms with van der Waals surface area (Å²) < 4.78 is 0. The van der Waals surface area contributed by atoms with Gasteiger partial charge in [-0.2, -0.15) is 5.26 Å². The zero-order valence-electron chi connectivity index (χ0n) is 11.9. The number of carbonyl (C=O) groups is 1. The molecule has 0 aromatic carbocycles. The summed E-state index contributed by atoms with van der Waals surface area (Å²) in [5, 5.41) is 11.9. The van der Waals surface area contributed by atoms with Crippen LogP contribution in [0.1, 0.15) is 30.2 Å². The summed E-state index contributed by atoms with van der Waals surface area (Å²) in [6.07, 6.45) is 0.885.